The van der Waals surface area contributed by atoms with Crippen molar-refractivity contribution in [3.63, 3.8) is 0 Å². The number of halogens is 1. The van der Waals surface area contributed by atoms with Crippen molar-refractivity contribution in [1.82, 2.24) is 4.31 Å². The Morgan fingerprint density at radius 3 is 2.85 bits per heavy atom. The van der Waals surface area contributed by atoms with E-state index in [2.05, 4.69) is 0 Å². The van der Waals surface area contributed by atoms with Crippen molar-refractivity contribution in [2.24, 2.45) is 5.92 Å². The maximum absolute atomic E-state index is 13.9. The Balaban J connectivity index is 2.30. The Morgan fingerprint density at radius 2 is 2.20 bits per heavy atom. The summed E-state index contributed by atoms with van der Waals surface area (Å²) >= 11 is 0. The highest BCUT2D eigenvalue weighted by atomic mass is 32.2. The largest absolute Gasteiger partial charge is 0.398 e. The molecule has 0 bridgehead atoms. The minimum atomic E-state index is -3.86. The van der Waals surface area contributed by atoms with Crippen molar-refractivity contribution in [2.45, 2.75) is 24.7 Å². The Morgan fingerprint density at radius 1 is 1.50 bits per heavy atom. The molecule has 0 saturated carbocycles. The fraction of sp³-hybridized carbons (Fsp3) is 0.538. The third-order valence-corrected chi connectivity index (χ3v) is 5.60. The minimum absolute atomic E-state index is 0.0321. The van der Waals surface area contributed by atoms with Crippen molar-refractivity contribution in [2.75, 3.05) is 25.4 Å². The monoisotopic (exact) mass is 302 g/mol. The predicted molar refractivity (Wildman–Crippen MR) is 74.1 cm³/mol. The molecule has 1 heterocycles. The van der Waals surface area contributed by atoms with E-state index in [-0.39, 0.29) is 23.1 Å². The van der Waals surface area contributed by atoms with Gasteiger partial charge in [0.15, 0.2) is 0 Å². The Labute approximate surface area is 118 Å². The highest BCUT2D eigenvalue weighted by Gasteiger charge is 2.34. The van der Waals surface area contributed by atoms with Crippen molar-refractivity contribution < 1.29 is 17.9 Å². The average molecular weight is 302 g/mol. The van der Waals surface area contributed by atoms with E-state index in [1.165, 1.54) is 10.4 Å². The van der Waals surface area contributed by atoms with Gasteiger partial charge in [-0.25, -0.2) is 12.8 Å². The molecular formula is C13H19FN2O3S. The van der Waals surface area contributed by atoms with E-state index in [0.717, 1.165) is 6.07 Å². The van der Waals surface area contributed by atoms with Gasteiger partial charge in [0.25, 0.3) is 0 Å². The summed E-state index contributed by atoms with van der Waals surface area (Å²) in [6.45, 7) is 2.32. The summed E-state index contributed by atoms with van der Waals surface area (Å²) in [6.07, 6.45) is 1.24. The quantitative estimate of drug-likeness (QED) is 0.816. The molecule has 20 heavy (non-hydrogen) atoms. The first-order valence-electron chi connectivity index (χ1n) is 6.53. The highest BCUT2D eigenvalue weighted by Crippen LogP contribution is 2.29. The molecule has 1 aliphatic heterocycles. The van der Waals surface area contributed by atoms with Gasteiger partial charge in [0, 0.05) is 25.4 Å². The molecule has 1 unspecified atom stereocenters. The van der Waals surface area contributed by atoms with Gasteiger partial charge in [0.2, 0.25) is 10.0 Å². The molecule has 2 rings (SSSR count). The molecule has 112 valence electrons. The molecule has 1 aromatic rings. The number of hydrogen-bond acceptors (Lipinski definition) is 4. The van der Waals surface area contributed by atoms with Crippen molar-refractivity contribution >= 4 is 15.7 Å². The average Bonchev–Trinajstić information content (AvgIpc) is 2.83. The van der Waals surface area contributed by atoms with Crippen molar-refractivity contribution in [1.29, 1.82) is 0 Å². The number of benzene rings is 1. The third kappa shape index (κ3) is 2.79. The summed E-state index contributed by atoms with van der Waals surface area (Å²) in [5.41, 5.74) is 6.45. The summed E-state index contributed by atoms with van der Waals surface area (Å²) in [5.74, 6) is -0.650. The van der Waals surface area contributed by atoms with Crippen molar-refractivity contribution in [3.05, 3.63) is 23.5 Å². The fourth-order valence-electron chi connectivity index (χ4n) is 2.44. The van der Waals surface area contributed by atoms with Crippen LogP contribution in [-0.2, 0) is 10.0 Å². The lowest BCUT2D eigenvalue weighted by molar-refractivity contribution is 0.259. The normalized spacial score (nSPS) is 20.4. The highest BCUT2D eigenvalue weighted by molar-refractivity contribution is 7.89. The lowest BCUT2D eigenvalue weighted by Crippen LogP contribution is -2.29. The van der Waals surface area contributed by atoms with Gasteiger partial charge >= 0.3 is 0 Å². The molecule has 0 amide bonds. The molecule has 7 heteroatoms. The molecule has 1 saturated heterocycles. The molecule has 1 aliphatic rings. The zero-order chi connectivity index (χ0) is 14.9. The summed E-state index contributed by atoms with van der Waals surface area (Å²) in [6, 6.07) is 2.32. The van der Waals surface area contributed by atoms with E-state index < -0.39 is 15.8 Å². The van der Waals surface area contributed by atoms with Gasteiger partial charge in [-0.3, -0.25) is 0 Å². The van der Waals surface area contributed by atoms with Gasteiger partial charge in [0.05, 0.1) is 0 Å². The van der Waals surface area contributed by atoms with Crippen LogP contribution in [0.4, 0.5) is 10.1 Å². The predicted octanol–water partition coefficient (Wildman–Crippen LogP) is 1.11. The maximum atomic E-state index is 13.9. The summed E-state index contributed by atoms with van der Waals surface area (Å²) in [4.78, 5) is -0.370. The zero-order valence-electron chi connectivity index (χ0n) is 11.3. The SMILES string of the molecule is Cc1cc(F)c(S(=O)(=O)N2CCC(CCO)C2)cc1N. The molecule has 0 aromatic heterocycles. The second-order valence-electron chi connectivity index (χ2n) is 5.17. The summed E-state index contributed by atoms with van der Waals surface area (Å²) in [5, 5.41) is 8.90. The van der Waals surface area contributed by atoms with Crippen LogP contribution in [0.25, 0.3) is 0 Å². The lowest BCUT2D eigenvalue weighted by Gasteiger charge is -2.17. The number of anilines is 1. The molecule has 1 fully saturated rings. The Kier molecular flexibility index (Phi) is 4.31. The van der Waals surface area contributed by atoms with Gasteiger partial charge in [-0.15, -0.1) is 0 Å². The van der Waals surface area contributed by atoms with Gasteiger partial charge in [0.1, 0.15) is 10.7 Å². The molecule has 0 spiro atoms. The number of aryl methyl sites for hydroxylation is 1. The van der Waals surface area contributed by atoms with E-state index in [0.29, 0.717) is 31.5 Å². The summed E-state index contributed by atoms with van der Waals surface area (Å²) in [7, 11) is -3.86. The van der Waals surface area contributed by atoms with E-state index in [9.17, 15) is 12.8 Å². The van der Waals surface area contributed by atoms with Gasteiger partial charge in [-0.1, -0.05) is 0 Å². The zero-order valence-corrected chi connectivity index (χ0v) is 12.2. The number of sulfonamides is 1. The second kappa shape index (κ2) is 5.67. The number of nitrogens with two attached hydrogens (primary N) is 1. The maximum Gasteiger partial charge on any atom is 0.246 e. The minimum Gasteiger partial charge on any atom is -0.398 e. The first-order chi connectivity index (χ1) is 9.36. The molecular weight excluding hydrogens is 283 g/mol. The van der Waals surface area contributed by atoms with Crippen LogP contribution < -0.4 is 5.73 Å². The van der Waals surface area contributed by atoms with E-state index in [1.54, 1.807) is 6.92 Å². The number of rotatable bonds is 4. The van der Waals surface area contributed by atoms with Crippen LogP contribution in [0.15, 0.2) is 17.0 Å². The first-order valence-corrected chi connectivity index (χ1v) is 7.97. The van der Waals surface area contributed by atoms with E-state index >= 15 is 0 Å². The summed E-state index contributed by atoms with van der Waals surface area (Å²) < 4.78 is 40.1. The number of aliphatic hydroxyl groups excluding tert-OH is 1. The molecule has 0 aliphatic carbocycles. The third-order valence-electron chi connectivity index (χ3n) is 3.72. The van der Waals surface area contributed by atoms with Crippen LogP contribution in [0.1, 0.15) is 18.4 Å². The van der Waals surface area contributed by atoms with E-state index in [4.69, 9.17) is 10.8 Å². The van der Waals surface area contributed by atoms with Crippen LogP contribution in [-0.4, -0.2) is 37.5 Å². The van der Waals surface area contributed by atoms with Gasteiger partial charge in [-0.2, -0.15) is 4.31 Å². The molecule has 0 radical (unpaired) electrons. The standard InChI is InChI=1S/C13H19FN2O3S/c1-9-6-11(14)13(7-12(9)15)20(18,19)16-4-2-10(8-16)3-5-17/h6-7,10,17H,2-5,8,15H2,1H3. The Hall–Kier alpha value is -1.18. The first kappa shape index (κ1) is 15.2. The smallest absolute Gasteiger partial charge is 0.246 e. The number of nitrogen functional groups attached to an aromatic ring is 1. The molecule has 1 atom stereocenters. The van der Waals surface area contributed by atoms with E-state index in [1.807, 2.05) is 0 Å². The molecule has 5 nitrogen and oxygen atoms in total. The number of nitrogens with zero attached hydrogens (tertiary/aromatic N) is 1. The topological polar surface area (TPSA) is 83.6 Å². The van der Waals surface area contributed by atoms with Crippen LogP contribution in [0.3, 0.4) is 0 Å². The fourth-order valence-corrected chi connectivity index (χ4v) is 4.05. The van der Waals surface area contributed by atoms with Gasteiger partial charge < -0.3 is 10.8 Å². The van der Waals surface area contributed by atoms with Gasteiger partial charge in [-0.05, 0) is 43.4 Å². The lowest BCUT2D eigenvalue weighted by atomic mass is 10.1. The number of hydrogen-bond donors (Lipinski definition) is 2. The molecule has 3 N–H and O–H groups in total. The number of aliphatic hydroxyl groups is 1. The van der Waals surface area contributed by atoms with Crippen molar-refractivity contribution in [3.8, 4) is 0 Å². The Bertz CT molecular complexity index is 604. The molecule has 1 aromatic carbocycles. The van der Waals surface area contributed by atoms with Crippen LogP contribution in [0.2, 0.25) is 0 Å². The van der Waals surface area contributed by atoms with Crippen LogP contribution >= 0.6 is 0 Å². The van der Waals surface area contributed by atoms with Crippen LogP contribution in [0.5, 0.6) is 0 Å². The second-order valence-corrected chi connectivity index (χ2v) is 7.08. The van der Waals surface area contributed by atoms with Crippen LogP contribution in [0, 0.1) is 18.7 Å².